The summed E-state index contributed by atoms with van der Waals surface area (Å²) >= 11 is 0. The van der Waals surface area contributed by atoms with Crippen molar-refractivity contribution >= 4 is 11.7 Å². The number of amides is 2. The topological polar surface area (TPSA) is 66.3 Å². The van der Waals surface area contributed by atoms with Crippen LogP contribution in [0.1, 0.15) is 95.2 Å². The molecule has 0 unspecified atom stereocenters. The maximum atomic E-state index is 13.2. The number of hydrogen-bond acceptors (Lipinski definition) is 4. The van der Waals surface area contributed by atoms with Crippen LogP contribution in [0.3, 0.4) is 0 Å². The Kier molecular flexibility index (Phi) is 7.42. The van der Waals surface area contributed by atoms with Gasteiger partial charge >= 0.3 is 6.03 Å². The van der Waals surface area contributed by atoms with Gasteiger partial charge in [-0.2, -0.15) is 0 Å². The molecule has 2 aromatic rings. The molecule has 3 fully saturated rings. The molecule has 3 heterocycles. The first kappa shape index (κ1) is 24.3. The van der Waals surface area contributed by atoms with E-state index in [-0.39, 0.29) is 6.03 Å². The Bertz CT molecular complexity index is 969. The van der Waals surface area contributed by atoms with Gasteiger partial charge in [0.25, 0.3) is 0 Å². The minimum atomic E-state index is 0.0640. The minimum absolute atomic E-state index is 0.0640. The number of aryl methyl sites for hydroxylation is 1. The molecule has 2 aliphatic heterocycles. The number of benzene rings is 1. The molecule has 7 nitrogen and oxygen atoms in total. The summed E-state index contributed by atoms with van der Waals surface area (Å²) in [7, 11) is 0. The van der Waals surface area contributed by atoms with E-state index >= 15 is 0 Å². The summed E-state index contributed by atoms with van der Waals surface area (Å²) in [6.07, 6.45) is 10.6. The first-order valence-electron chi connectivity index (χ1n) is 13.8. The number of piperidine rings is 1. The largest absolute Gasteiger partial charge is 0.335 e. The van der Waals surface area contributed by atoms with Gasteiger partial charge < -0.3 is 9.88 Å². The smallest absolute Gasteiger partial charge is 0.322 e. The number of hydrogen-bond donors (Lipinski definition) is 1. The zero-order valence-corrected chi connectivity index (χ0v) is 21.7. The number of carbonyl (C=O) groups excluding carboxylic acids is 1. The summed E-state index contributed by atoms with van der Waals surface area (Å²) in [5.74, 6) is 2.58. The van der Waals surface area contributed by atoms with Crippen molar-refractivity contribution in [2.75, 3.05) is 18.0 Å². The summed E-state index contributed by atoms with van der Waals surface area (Å²) in [6, 6.07) is 12.3. The highest BCUT2D eigenvalue weighted by Crippen LogP contribution is 2.42. The standard InChI is InChI=1S/C28H42N6O/c1-20(2)27-31-30-21(3)34(27)26-18-24-14-15-25(19-26)32(24)16-9-17-33(23-12-5-4-6-13-23)28(35)29-22-10-7-8-11-22/h4-6,12-13,20,22,24-26H,7-11,14-19H2,1-3H3,(H,29,35)/t24-,25-/m1/s1. The average Bonchev–Trinajstić information content (AvgIpc) is 3.55. The van der Waals surface area contributed by atoms with E-state index < -0.39 is 0 Å². The molecule has 1 aromatic carbocycles. The fraction of sp³-hybridized carbons (Fsp3) is 0.679. The SMILES string of the molecule is Cc1nnc(C(C)C)n1C1C[C@H]2CC[C@H](C1)N2CCCN(C(=O)NC1CCCC1)c1ccccc1. The average molecular weight is 479 g/mol. The predicted molar refractivity (Wildman–Crippen MR) is 140 cm³/mol. The molecule has 2 atom stereocenters. The second kappa shape index (κ2) is 10.7. The number of urea groups is 1. The van der Waals surface area contributed by atoms with E-state index in [1.165, 1.54) is 38.5 Å². The normalized spacial score (nSPS) is 24.9. The van der Waals surface area contributed by atoms with Crippen molar-refractivity contribution in [1.29, 1.82) is 0 Å². The molecule has 0 radical (unpaired) electrons. The summed E-state index contributed by atoms with van der Waals surface area (Å²) in [6.45, 7) is 8.34. The molecule has 0 spiro atoms. The van der Waals surface area contributed by atoms with E-state index in [4.69, 9.17) is 0 Å². The molecule has 1 aromatic heterocycles. The molecule has 2 bridgehead atoms. The van der Waals surface area contributed by atoms with E-state index in [0.717, 1.165) is 49.7 Å². The van der Waals surface area contributed by atoms with Crippen LogP contribution in [0.5, 0.6) is 0 Å². The highest BCUT2D eigenvalue weighted by Gasteiger charge is 2.42. The number of fused-ring (bicyclic) bond motifs is 2. The Hall–Kier alpha value is -2.41. The van der Waals surface area contributed by atoms with Gasteiger partial charge in [-0.25, -0.2) is 4.79 Å². The maximum Gasteiger partial charge on any atom is 0.322 e. The maximum absolute atomic E-state index is 13.2. The first-order chi connectivity index (χ1) is 17.0. The van der Waals surface area contributed by atoms with Crippen LogP contribution in [0.15, 0.2) is 30.3 Å². The second-order valence-corrected chi connectivity index (χ2v) is 11.1. The van der Waals surface area contributed by atoms with E-state index in [1.54, 1.807) is 0 Å². The predicted octanol–water partition coefficient (Wildman–Crippen LogP) is 5.43. The number of rotatable bonds is 8. The van der Waals surface area contributed by atoms with Crippen molar-refractivity contribution in [3.63, 3.8) is 0 Å². The van der Waals surface area contributed by atoms with Gasteiger partial charge in [0.15, 0.2) is 0 Å². The molecule has 2 amide bonds. The van der Waals surface area contributed by atoms with Gasteiger partial charge in [-0.1, -0.05) is 44.9 Å². The van der Waals surface area contributed by atoms with Crippen LogP contribution in [0.25, 0.3) is 0 Å². The van der Waals surface area contributed by atoms with Gasteiger partial charge in [0.05, 0.1) is 0 Å². The van der Waals surface area contributed by atoms with Crippen LogP contribution < -0.4 is 10.2 Å². The Labute approximate surface area is 210 Å². The summed E-state index contributed by atoms with van der Waals surface area (Å²) in [5.41, 5.74) is 0.994. The summed E-state index contributed by atoms with van der Waals surface area (Å²) in [5, 5.41) is 12.2. The van der Waals surface area contributed by atoms with Gasteiger partial charge in [0.1, 0.15) is 11.6 Å². The Balaban J connectivity index is 1.21. The van der Waals surface area contributed by atoms with Gasteiger partial charge in [-0.05, 0) is 64.0 Å². The Morgan fingerprint density at radius 2 is 1.71 bits per heavy atom. The molecule has 3 aliphatic rings. The molecule has 1 aliphatic carbocycles. The van der Waals surface area contributed by atoms with Crippen molar-refractivity contribution in [2.45, 2.75) is 109 Å². The lowest BCUT2D eigenvalue weighted by atomic mass is 9.96. The zero-order valence-electron chi connectivity index (χ0n) is 21.7. The lowest BCUT2D eigenvalue weighted by Crippen LogP contribution is -2.47. The molecule has 35 heavy (non-hydrogen) atoms. The minimum Gasteiger partial charge on any atom is -0.335 e. The van der Waals surface area contributed by atoms with Crippen LogP contribution in [0.2, 0.25) is 0 Å². The number of para-hydroxylation sites is 1. The van der Waals surface area contributed by atoms with Crippen molar-refractivity contribution in [3.05, 3.63) is 42.0 Å². The first-order valence-corrected chi connectivity index (χ1v) is 13.8. The fourth-order valence-corrected chi connectivity index (χ4v) is 6.74. The molecule has 7 heteroatoms. The van der Waals surface area contributed by atoms with E-state index in [0.29, 0.717) is 30.1 Å². The van der Waals surface area contributed by atoms with Crippen molar-refractivity contribution in [2.24, 2.45) is 0 Å². The lowest BCUT2D eigenvalue weighted by molar-refractivity contribution is 0.104. The third kappa shape index (κ3) is 5.25. The number of nitrogens with zero attached hydrogens (tertiary/aromatic N) is 5. The van der Waals surface area contributed by atoms with Gasteiger partial charge in [-0.15, -0.1) is 10.2 Å². The zero-order chi connectivity index (χ0) is 24.4. The van der Waals surface area contributed by atoms with Gasteiger partial charge in [0.2, 0.25) is 0 Å². The van der Waals surface area contributed by atoms with Gasteiger partial charge in [-0.3, -0.25) is 9.80 Å². The van der Waals surface area contributed by atoms with Crippen LogP contribution in [-0.2, 0) is 0 Å². The third-order valence-corrected chi connectivity index (χ3v) is 8.43. The van der Waals surface area contributed by atoms with Crippen molar-refractivity contribution < 1.29 is 4.79 Å². The summed E-state index contributed by atoms with van der Waals surface area (Å²) in [4.78, 5) is 17.9. The van der Waals surface area contributed by atoms with Gasteiger partial charge in [0, 0.05) is 48.9 Å². The Morgan fingerprint density at radius 1 is 1.03 bits per heavy atom. The molecular formula is C28H42N6O. The third-order valence-electron chi connectivity index (χ3n) is 8.43. The quantitative estimate of drug-likeness (QED) is 0.550. The molecular weight excluding hydrogens is 436 g/mol. The fourth-order valence-electron chi connectivity index (χ4n) is 6.74. The van der Waals surface area contributed by atoms with Crippen molar-refractivity contribution in [3.8, 4) is 0 Å². The van der Waals surface area contributed by atoms with Crippen LogP contribution in [-0.4, -0.2) is 56.9 Å². The highest BCUT2D eigenvalue weighted by atomic mass is 16.2. The summed E-state index contributed by atoms with van der Waals surface area (Å²) < 4.78 is 2.43. The highest BCUT2D eigenvalue weighted by molar-refractivity contribution is 5.92. The van der Waals surface area contributed by atoms with Crippen molar-refractivity contribution in [1.82, 2.24) is 25.0 Å². The van der Waals surface area contributed by atoms with Crippen LogP contribution in [0, 0.1) is 6.92 Å². The van der Waals surface area contributed by atoms with E-state index in [1.807, 2.05) is 23.1 Å². The van der Waals surface area contributed by atoms with Crippen LogP contribution >= 0.6 is 0 Å². The van der Waals surface area contributed by atoms with Crippen LogP contribution in [0.4, 0.5) is 10.5 Å². The molecule has 2 saturated heterocycles. The molecule has 1 N–H and O–H groups in total. The molecule has 5 rings (SSSR count). The molecule has 1 saturated carbocycles. The second-order valence-electron chi connectivity index (χ2n) is 11.1. The number of aromatic nitrogens is 3. The van der Waals surface area contributed by atoms with E-state index in [9.17, 15) is 4.79 Å². The number of carbonyl (C=O) groups is 1. The number of nitrogens with one attached hydrogen (secondary N) is 1. The molecule has 190 valence electrons. The Morgan fingerprint density at radius 3 is 2.37 bits per heavy atom. The van der Waals surface area contributed by atoms with E-state index in [2.05, 4.69) is 57.9 Å². The lowest BCUT2D eigenvalue weighted by Gasteiger charge is -2.40. The monoisotopic (exact) mass is 478 g/mol. The number of anilines is 1.